The van der Waals surface area contributed by atoms with E-state index >= 15 is 0 Å². The van der Waals surface area contributed by atoms with Crippen LogP contribution in [0.4, 0.5) is 0 Å². The van der Waals surface area contributed by atoms with Crippen molar-refractivity contribution in [2.24, 2.45) is 5.10 Å². The molecule has 2 aromatic heterocycles. The Morgan fingerprint density at radius 3 is 2.44 bits per heavy atom. The van der Waals surface area contributed by atoms with Gasteiger partial charge in [0.15, 0.2) is 5.76 Å². The summed E-state index contributed by atoms with van der Waals surface area (Å²) in [5, 5.41) is 6.67. The molecule has 0 spiro atoms. The Labute approximate surface area is 255 Å². The lowest BCUT2D eigenvalue weighted by atomic mass is 10.2. The van der Waals surface area contributed by atoms with Gasteiger partial charge in [-0.2, -0.15) is 9.78 Å². The zero-order valence-electron chi connectivity index (χ0n) is 20.1. The molecular formula is C30H18ClI2N3O3. The second kappa shape index (κ2) is 11.1. The third-order valence-electron chi connectivity index (χ3n) is 6.04. The van der Waals surface area contributed by atoms with Gasteiger partial charge in [-0.1, -0.05) is 54.1 Å². The zero-order chi connectivity index (χ0) is 26.9. The van der Waals surface area contributed by atoms with Crippen molar-refractivity contribution < 1.29 is 9.15 Å². The van der Waals surface area contributed by atoms with Crippen LogP contribution in [0, 0.1) is 7.14 Å². The van der Waals surface area contributed by atoms with Crippen LogP contribution in [0.2, 0.25) is 5.02 Å². The number of furan rings is 1. The first-order valence-electron chi connectivity index (χ1n) is 11.9. The Hall–Kier alpha value is -3.22. The Kier molecular flexibility index (Phi) is 7.41. The molecule has 0 bridgehead atoms. The van der Waals surface area contributed by atoms with Crippen molar-refractivity contribution in [2.45, 2.75) is 6.61 Å². The summed E-state index contributed by atoms with van der Waals surface area (Å²) in [4.78, 5) is 18.3. The minimum atomic E-state index is -0.278. The summed E-state index contributed by atoms with van der Waals surface area (Å²) < 4.78 is 15.3. The van der Waals surface area contributed by atoms with Crippen molar-refractivity contribution in [3.63, 3.8) is 0 Å². The number of hydrogen-bond donors (Lipinski definition) is 0. The standard InChI is InChI=1S/C30H18ClI2N3O3/c31-21-11-9-18(10-12-21)17-38-28-23(32)13-19(14-24(28)33)16-34-36-29(27-15-20-5-1-4-8-26(20)39-27)35-25-7-3-2-6-22(25)30(36)37/h1-16H,17H2. The molecule has 0 radical (unpaired) electrons. The number of para-hydroxylation sites is 2. The van der Waals surface area contributed by atoms with E-state index in [2.05, 4.69) is 50.3 Å². The molecule has 0 N–H and O–H groups in total. The lowest BCUT2D eigenvalue weighted by Crippen LogP contribution is -2.20. The fourth-order valence-corrected chi connectivity index (χ4v) is 6.39. The topological polar surface area (TPSA) is 69.6 Å². The van der Waals surface area contributed by atoms with Crippen LogP contribution >= 0.6 is 56.8 Å². The van der Waals surface area contributed by atoms with Crippen LogP contribution in [0.25, 0.3) is 33.5 Å². The predicted octanol–water partition coefficient (Wildman–Crippen LogP) is 8.13. The number of fused-ring (bicyclic) bond motifs is 2. The fraction of sp³-hybridized carbons (Fsp3) is 0.0333. The molecule has 2 heterocycles. The van der Waals surface area contributed by atoms with E-state index in [4.69, 9.17) is 25.7 Å². The summed E-state index contributed by atoms with van der Waals surface area (Å²) in [6.07, 6.45) is 1.65. The van der Waals surface area contributed by atoms with Crippen molar-refractivity contribution >= 4 is 84.9 Å². The lowest BCUT2D eigenvalue weighted by molar-refractivity contribution is 0.302. The van der Waals surface area contributed by atoms with E-state index in [1.165, 1.54) is 4.68 Å². The lowest BCUT2D eigenvalue weighted by Gasteiger charge is -2.12. The number of benzene rings is 4. The molecule has 0 fully saturated rings. The van der Waals surface area contributed by atoms with Gasteiger partial charge in [0.05, 0.1) is 24.3 Å². The van der Waals surface area contributed by atoms with Gasteiger partial charge in [-0.15, -0.1) is 0 Å². The van der Waals surface area contributed by atoms with Gasteiger partial charge in [-0.25, -0.2) is 4.98 Å². The quantitative estimate of drug-likeness (QED) is 0.127. The molecule has 0 unspecified atom stereocenters. The smallest absolute Gasteiger partial charge is 0.282 e. The van der Waals surface area contributed by atoms with Crippen molar-refractivity contribution in [3.8, 4) is 17.3 Å². The number of aromatic nitrogens is 2. The van der Waals surface area contributed by atoms with E-state index in [9.17, 15) is 4.79 Å². The monoisotopic (exact) mass is 757 g/mol. The van der Waals surface area contributed by atoms with Crippen LogP contribution in [0.15, 0.2) is 105 Å². The summed E-state index contributed by atoms with van der Waals surface area (Å²) in [6.45, 7) is 0.426. The maximum Gasteiger partial charge on any atom is 0.282 e. The first kappa shape index (κ1) is 26.0. The van der Waals surface area contributed by atoms with Gasteiger partial charge >= 0.3 is 0 Å². The Balaban J connectivity index is 1.37. The SMILES string of the molecule is O=c1c2ccccc2nc(-c2cc3ccccc3o2)n1N=Cc1cc(I)c(OCc2ccc(Cl)cc2)c(I)c1. The van der Waals surface area contributed by atoms with Crippen molar-refractivity contribution in [2.75, 3.05) is 0 Å². The molecular weight excluding hydrogens is 740 g/mol. The number of ether oxygens (including phenoxy) is 1. The largest absolute Gasteiger partial charge is 0.487 e. The molecule has 9 heteroatoms. The highest BCUT2D eigenvalue weighted by Crippen LogP contribution is 2.30. The summed E-state index contributed by atoms with van der Waals surface area (Å²) >= 11 is 10.5. The van der Waals surface area contributed by atoms with Crippen molar-refractivity contribution in [1.29, 1.82) is 0 Å². The molecule has 0 aliphatic rings. The molecule has 39 heavy (non-hydrogen) atoms. The molecule has 0 saturated heterocycles. The number of halogens is 3. The number of nitrogens with zero attached hydrogens (tertiary/aromatic N) is 3. The van der Waals surface area contributed by atoms with E-state index in [0.717, 1.165) is 29.4 Å². The fourth-order valence-electron chi connectivity index (χ4n) is 4.13. The zero-order valence-corrected chi connectivity index (χ0v) is 25.2. The first-order chi connectivity index (χ1) is 19.0. The van der Waals surface area contributed by atoms with Crippen molar-refractivity contribution in [3.05, 3.63) is 125 Å². The Morgan fingerprint density at radius 1 is 0.949 bits per heavy atom. The number of rotatable bonds is 6. The molecule has 0 atom stereocenters. The van der Waals surface area contributed by atoms with Crippen LogP contribution < -0.4 is 10.3 Å². The van der Waals surface area contributed by atoms with Gasteiger partial charge in [-0.05, 0) is 105 Å². The molecule has 6 nitrogen and oxygen atoms in total. The van der Waals surface area contributed by atoms with Gasteiger partial charge in [0.25, 0.3) is 5.56 Å². The Bertz CT molecular complexity index is 1870. The van der Waals surface area contributed by atoms with Gasteiger partial charge in [-0.3, -0.25) is 4.79 Å². The van der Waals surface area contributed by atoms with Crippen LogP contribution in [0.5, 0.6) is 5.75 Å². The van der Waals surface area contributed by atoms with Crippen LogP contribution in [0.1, 0.15) is 11.1 Å². The summed E-state index contributed by atoms with van der Waals surface area (Å²) in [7, 11) is 0. The van der Waals surface area contributed by atoms with Gasteiger partial charge < -0.3 is 9.15 Å². The summed E-state index contributed by atoms with van der Waals surface area (Å²) in [5.74, 6) is 1.58. The first-order valence-corrected chi connectivity index (χ1v) is 14.4. The molecule has 0 aliphatic heterocycles. The maximum atomic E-state index is 13.5. The van der Waals surface area contributed by atoms with Gasteiger partial charge in [0.1, 0.15) is 17.9 Å². The third kappa shape index (κ3) is 5.45. The highest BCUT2D eigenvalue weighted by molar-refractivity contribution is 14.1. The minimum Gasteiger partial charge on any atom is -0.487 e. The van der Waals surface area contributed by atoms with Gasteiger partial charge in [0, 0.05) is 10.4 Å². The third-order valence-corrected chi connectivity index (χ3v) is 7.89. The van der Waals surface area contributed by atoms with E-state index in [0.29, 0.717) is 39.7 Å². The average molecular weight is 758 g/mol. The highest BCUT2D eigenvalue weighted by atomic mass is 127. The molecule has 4 aromatic carbocycles. The Morgan fingerprint density at radius 2 is 1.67 bits per heavy atom. The second-order valence-electron chi connectivity index (χ2n) is 8.69. The van der Waals surface area contributed by atoms with E-state index in [1.54, 1.807) is 12.3 Å². The molecule has 0 aliphatic carbocycles. The number of hydrogen-bond acceptors (Lipinski definition) is 5. The van der Waals surface area contributed by atoms with E-state index in [1.807, 2.05) is 84.9 Å². The van der Waals surface area contributed by atoms with Crippen LogP contribution in [-0.4, -0.2) is 15.9 Å². The van der Waals surface area contributed by atoms with Gasteiger partial charge in [0.2, 0.25) is 5.82 Å². The second-order valence-corrected chi connectivity index (χ2v) is 11.5. The van der Waals surface area contributed by atoms with Crippen LogP contribution in [0.3, 0.4) is 0 Å². The summed E-state index contributed by atoms with van der Waals surface area (Å²) in [6, 6.07) is 28.3. The minimum absolute atomic E-state index is 0.278. The molecule has 0 saturated carbocycles. The molecule has 0 amide bonds. The normalized spacial score (nSPS) is 11.6. The van der Waals surface area contributed by atoms with E-state index in [-0.39, 0.29) is 5.56 Å². The highest BCUT2D eigenvalue weighted by Gasteiger charge is 2.16. The maximum absolute atomic E-state index is 13.5. The molecule has 6 aromatic rings. The average Bonchev–Trinajstić information content (AvgIpc) is 3.37. The van der Waals surface area contributed by atoms with E-state index < -0.39 is 0 Å². The summed E-state index contributed by atoms with van der Waals surface area (Å²) in [5.41, 5.74) is 2.86. The molecule has 192 valence electrons. The van der Waals surface area contributed by atoms with Crippen molar-refractivity contribution in [1.82, 2.24) is 9.66 Å². The predicted molar refractivity (Wildman–Crippen MR) is 172 cm³/mol. The van der Waals surface area contributed by atoms with Crippen LogP contribution in [-0.2, 0) is 6.61 Å². The molecule has 6 rings (SSSR count).